The highest BCUT2D eigenvalue weighted by atomic mass is 35.5. The number of rotatable bonds is 10. The van der Waals surface area contributed by atoms with Crippen molar-refractivity contribution in [3.05, 3.63) is 64.4 Å². The molecule has 2 rings (SSSR count). The highest BCUT2D eigenvalue weighted by Crippen LogP contribution is 2.27. The number of nitrogens with one attached hydrogen (secondary N) is 1. The summed E-state index contributed by atoms with van der Waals surface area (Å²) in [6, 6.07) is 9.53. The lowest BCUT2D eigenvalue weighted by atomic mass is 10.1. The van der Waals surface area contributed by atoms with Gasteiger partial charge in [-0.05, 0) is 55.7 Å². The van der Waals surface area contributed by atoms with E-state index in [1.165, 1.54) is 35.2 Å². The van der Waals surface area contributed by atoms with Gasteiger partial charge in [0.25, 0.3) is 0 Å². The molecule has 0 aliphatic rings. The summed E-state index contributed by atoms with van der Waals surface area (Å²) in [5.41, 5.74) is 1.52. The zero-order valence-corrected chi connectivity index (χ0v) is 20.7. The minimum absolute atomic E-state index is 0.0148. The predicted octanol–water partition coefficient (Wildman–Crippen LogP) is 3.50. The van der Waals surface area contributed by atoms with Crippen LogP contribution in [0.3, 0.4) is 0 Å². The summed E-state index contributed by atoms with van der Waals surface area (Å²) in [5.74, 6) is -1.34. The average Bonchev–Trinajstić information content (AvgIpc) is 2.74. The molecule has 0 spiro atoms. The number of hydrogen-bond acceptors (Lipinski definition) is 4. The average molecular weight is 498 g/mol. The third kappa shape index (κ3) is 7.17. The van der Waals surface area contributed by atoms with E-state index in [1.54, 1.807) is 32.9 Å². The Morgan fingerprint density at radius 2 is 1.76 bits per heavy atom. The summed E-state index contributed by atoms with van der Waals surface area (Å²) in [6.07, 6.45) is 1.32. The number of likely N-dealkylation sites (N-methyl/N-ethyl adjacent to an activating group) is 1. The monoisotopic (exact) mass is 497 g/mol. The van der Waals surface area contributed by atoms with Gasteiger partial charge in [-0.25, -0.2) is 12.8 Å². The van der Waals surface area contributed by atoms with Crippen LogP contribution in [-0.2, 0) is 26.2 Å². The maximum Gasteiger partial charge on any atom is 0.244 e. The minimum atomic E-state index is -3.85. The fourth-order valence-electron chi connectivity index (χ4n) is 3.44. The first-order valence-corrected chi connectivity index (χ1v) is 12.8. The fraction of sp³-hybridized carbons (Fsp3) is 0.391. The van der Waals surface area contributed by atoms with Crippen molar-refractivity contribution in [2.75, 3.05) is 23.7 Å². The quantitative estimate of drug-likeness (QED) is 0.544. The second kappa shape index (κ2) is 11.5. The Balaban J connectivity index is 2.46. The third-order valence-electron chi connectivity index (χ3n) is 5.12. The first-order valence-electron chi connectivity index (χ1n) is 10.5. The molecule has 0 bridgehead atoms. The Kier molecular flexibility index (Phi) is 9.25. The number of nitrogens with zero attached hydrogens (tertiary/aromatic N) is 2. The van der Waals surface area contributed by atoms with Gasteiger partial charge in [-0.2, -0.15) is 0 Å². The van der Waals surface area contributed by atoms with Crippen LogP contribution in [0, 0.1) is 12.7 Å². The first kappa shape index (κ1) is 26.6. The molecule has 0 aliphatic carbocycles. The van der Waals surface area contributed by atoms with Crippen LogP contribution >= 0.6 is 11.6 Å². The molecule has 2 aromatic carbocycles. The van der Waals surface area contributed by atoms with E-state index in [4.69, 9.17) is 11.6 Å². The van der Waals surface area contributed by atoms with Gasteiger partial charge in [0.2, 0.25) is 21.8 Å². The minimum Gasteiger partial charge on any atom is -0.355 e. The molecule has 0 fully saturated rings. The van der Waals surface area contributed by atoms with Crippen molar-refractivity contribution in [1.82, 2.24) is 10.2 Å². The molecule has 2 amide bonds. The molecule has 0 aliphatic heterocycles. The summed E-state index contributed by atoms with van der Waals surface area (Å²) < 4.78 is 39.6. The number of halogens is 2. The fourth-order valence-corrected chi connectivity index (χ4v) is 4.51. The van der Waals surface area contributed by atoms with Gasteiger partial charge in [0.1, 0.15) is 18.4 Å². The summed E-state index contributed by atoms with van der Waals surface area (Å²) in [7, 11) is -3.85. The number of anilines is 1. The molecule has 7 nitrogen and oxygen atoms in total. The van der Waals surface area contributed by atoms with Gasteiger partial charge in [0.15, 0.2) is 0 Å². The lowest BCUT2D eigenvalue weighted by Gasteiger charge is -2.33. The number of benzene rings is 2. The molecular formula is C23H29ClFN3O4S. The number of aryl methyl sites for hydroxylation is 1. The molecule has 1 atom stereocenters. The normalized spacial score (nSPS) is 12.2. The summed E-state index contributed by atoms with van der Waals surface area (Å²) in [4.78, 5) is 27.5. The van der Waals surface area contributed by atoms with Gasteiger partial charge in [-0.15, -0.1) is 0 Å². The zero-order valence-electron chi connectivity index (χ0n) is 19.1. The SMILES string of the molecule is CCNC(=O)[C@@H](CC)N(Cc1ccc(F)cc1)C(=O)CN(c1cc(Cl)ccc1C)S(C)(=O)=O. The van der Waals surface area contributed by atoms with Gasteiger partial charge < -0.3 is 10.2 Å². The van der Waals surface area contributed by atoms with E-state index in [9.17, 15) is 22.4 Å². The number of sulfonamides is 1. The first-order chi connectivity index (χ1) is 15.5. The van der Waals surface area contributed by atoms with Gasteiger partial charge in [-0.3, -0.25) is 13.9 Å². The second-order valence-electron chi connectivity index (χ2n) is 7.67. The molecule has 180 valence electrons. The van der Waals surface area contributed by atoms with E-state index in [0.717, 1.165) is 10.6 Å². The Morgan fingerprint density at radius 3 is 2.30 bits per heavy atom. The molecule has 0 radical (unpaired) electrons. The molecular weight excluding hydrogens is 469 g/mol. The van der Waals surface area contributed by atoms with E-state index < -0.39 is 34.3 Å². The zero-order chi connectivity index (χ0) is 24.8. The van der Waals surface area contributed by atoms with Crippen molar-refractivity contribution in [3.8, 4) is 0 Å². The van der Waals surface area contributed by atoms with E-state index in [-0.39, 0.29) is 18.1 Å². The molecule has 0 unspecified atom stereocenters. The van der Waals surface area contributed by atoms with Gasteiger partial charge in [0.05, 0.1) is 11.9 Å². The van der Waals surface area contributed by atoms with Crippen LogP contribution in [0.2, 0.25) is 5.02 Å². The van der Waals surface area contributed by atoms with Crippen molar-refractivity contribution in [2.24, 2.45) is 0 Å². The number of hydrogen-bond donors (Lipinski definition) is 1. The maximum absolute atomic E-state index is 13.5. The van der Waals surface area contributed by atoms with Gasteiger partial charge in [0, 0.05) is 18.1 Å². The van der Waals surface area contributed by atoms with Crippen LogP contribution in [0.25, 0.3) is 0 Å². The summed E-state index contributed by atoms with van der Waals surface area (Å²) in [5, 5.41) is 3.04. The molecule has 33 heavy (non-hydrogen) atoms. The molecule has 0 saturated carbocycles. The van der Waals surface area contributed by atoms with E-state index >= 15 is 0 Å². The molecule has 1 N–H and O–H groups in total. The van der Waals surface area contributed by atoms with Crippen molar-refractivity contribution in [3.63, 3.8) is 0 Å². The van der Waals surface area contributed by atoms with E-state index in [0.29, 0.717) is 29.1 Å². The molecule has 0 heterocycles. The van der Waals surface area contributed by atoms with Gasteiger partial charge >= 0.3 is 0 Å². The largest absolute Gasteiger partial charge is 0.355 e. The van der Waals surface area contributed by atoms with Crippen LogP contribution in [0.15, 0.2) is 42.5 Å². The predicted molar refractivity (Wildman–Crippen MR) is 128 cm³/mol. The van der Waals surface area contributed by atoms with Crippen LogP contribution in [0.5, 0.6) is 0 Å². The lowest BCUT2D eigenvalue weighted by Crippen LogP contribution is -2.52. The molecule has 0 saturated heterocycles. The number of carbonyl (C=O) groups excluding carboxylic acids is 2. The highest BCUT2D eigenvalue weighted by molar-refractivity contribution is 7.92. The Bertz CT molecular complexity index is 1090. The Hall–Kier alpha value is -2.65. The van der Waals surface area contributed by atoms with Gasteiger partial charge in [-0.1, -0.05) is 36.7 Å². The van der Waals surface area contributed by atoms with Crippen LogP contribution in [-0.4, -0.2) is 50.5 Å². The van der Waals surface area contributed by atoms with Crippen molar-refractivity contribution >= 4 is 39.1 Å². The van der Waals surface area contributed by atoms with Crippen LogP contribution in [0.1, 0.15) is 31.4 Å². The molecule has 2 aromatic rings. The lowest BCUT2D eigenvalue weighted by molar-refractivity contribution is -0.140. The molecule has 0 aromatic heterocycles. The van der Waals surface area contributed by atoms with E-state index in [2.05, 4.69) is 5.32 Å². The smallest absolute Gasteiger partial charge is 0.244 e. The van der Waals surface area contributed by atoms with Crippen LogP contribution in [0.4, 0.5) is 10.1 Å². The van der Waals surface area contributed by atoms with Crippen molar-refractivity contribution < 1.29 is 22.4 Å². The Morgan fingerprint density at radius 1 is 1.12 bits per heavy atom. The summed E-state index contributed by atoms with van der Waals surface area (Å²) >= 11 is 6.08. The van der Waals surface area contributed by atoms with E-state index in [1.807, 2.05) is 0 Å². The van der Waals surface area contributed by atoms with Crippen molar-refractivity contribution in [2.45, 2.75) is 39.8 Å². The standard InChI is InChI=1S/C23H29ClFN3O4S/c1-5-20(23(30)26-6-2)27(14-17-8-11-19(25)12-9-17)22(29)15-28(33(4,31)32)21-13-18(24)10-7-16(21)3/h7-13,20H,5-6,14-15H2,1-4H3,(H,26,30)/t20-/m1/s1. The molecule has 10 heteroatoms. The van der Waals surface area contributed by atoms with Crippen molar-refractivity contribution in [1.29, 1.82) is 0 Å². The Labute approximate surface area is 199 Å². The highest BCUT2D eigenvalue weighted by Gasteiger charge is 2.32. The third-order valence-corrected chi connectivity index (χ3v) is 6.48. The second-order valence-corrected chi connectivity index (χ2v) is 10.0. The van der Waals surface area contributed by atoms with Crippen LogP contribution < -0.4 is 9.62 Å². The number of carbonyl (C=O) groups is 2. The summed E-state index contributed by atoms with van der Waals surface area (Å²) in [6.45, 7) is 5.13. The topological polar surface area (TPSA) is 86.8 Å². The number of amides is 2. The maximum atomic E-state index is 13.5.